The van der Waals surface area contributed by atoms with Gasteiger partial charge in [-0.3, -0.25) is 4.79 Å². The van der Waals surface area contributed by atoms with E-state index in [1.165, 1.54) is 36.4 Å². The second-order valence-electron chi connectivity index (χ2n) is 5.22. The van der Waals surface area contributed by atoms with E-state index in [4.69, 9.17) is 5.14 Å². The van der Waals surface area contributed by atoms with Crippen LogP contribution in [0.3, 0.4) is 0 Å². The van der Waals surface area contributed by atoms with Crippen LogP contribution >= 0.6 is 15.9 Å². The normalized spacial score (nSPS) is 11.9. The fourth-order valence-electron chi connectivity index (χ4n) is 1.95. The summed E-state index contributed by atoms with van der Waals surface area (Å²) in [5.74, 6) is -0.424. The van der Waals surface area contributed by atoms with Gasteiger partial charge in [0.15, 0.2) is 0 Å². The third-order valence-corrected chi connectivity index (χ3v) is 6.17. The lowest BCUT2D eigenvalue weighted by atomic mass is 10.3. The largest absolute Gasteiger partial charge is 0.326 e. The van der Waals surface area contributed by atoms with Crippen LogP contribution in [0.1, 0.15) is 6.42 Å². The Morgan fingerprint density at radius 2 is 1.46 bits per heavy atom. The lowest BCUT2D eigenvalue weighted by molar-refractivity contribution is -0.116. The van der Waals surface area contributed by atoms with Crippen LogP contribution < -0.4 is 15.2 Å². The second kappa shape index (κ2) is 8.27. The summed E-state index contributed by atoms with van der Waals surface area (Å²) in [5.41, 5.74) is 0.373. The molecule has 0 aliphatic carbocycles. The van der Waals surface area contributed by atoms with E-state index in [0.29, 0.717) is 5.69 Å². The smallest absolute Gasteiger partial charge is 0.240 e. The minimum absolute atomic E-state index is 0.0715. The molecular weight excluding hydrogens is 446 g/mol. The van der Waals surface area contributed by atoms with Gasteiger partial charge in [-0.05, 0) is 48.5 Å². The van der Waals surface area contributed by atoms with Gasteiger partial charge in [0, 0.05) is 23.1 Å². The maximum Gasteiger partial charge on any atom is 0.240 e. The number of carbonyl (C=O) groups is 1. The van der Waals surface area contributed by atoms with Gasteiger partial charge in [0.1, 0.15) is 0 Å². The van der Waals surface area contributed by atoms with E-state index < -0.39 is 26.0 Å². The number of hydrogen-bond acceptors (Lipinski definition) is 5. The third kappa shape index (κ3) is 5.88. The van der Waals surface area contributed by atoms with Crippen LogP contribution in [0.2, 0.25) is 0 Å². The average Bonchev–Trinajstić information content (AvgIpc) is 2.54. The van der Waals surface area contributed by atoms with E-state index in [2.05, 4.69) is 26.0 Å². The number of carbonyl (C=O) groups excluding carboxylic acids is 1. The summed E-state index contributed by atoms with van der Waals surface area (Å²) in [5, 5.41) is 7.53. The summed E-state index contributed by atoms with van der Waals surface area (Å²) in [4.78, 5) is 11.9. The zero-order chi connectivity index (χ0) is 19.4. The van der Waals surface area contributed by atoms with Crippen LogP contribution in [0.25, 0.3) is 0 Å². The number of nitrogens with two attached hydrogens (primary N) is 1. The number of halogens is 1. The fraction of sp³-hybridized carbons (Fsp3) is 0.133. The van der Waals surface area contributed by atoms with Crippen molar-refractivity contribution in [2.45, 2.75) is 16.2 Å². The van der Waals surface area contributed by atoms with Crippen LogP contribution in [0.5, 0.6) is 0 Å². The number of benzene rings is 2. The Kier molecular flexibility index (Phi) is 6.53. The molecule has 0 bridgehead atoms. The summed E-state index contributed by atoms with van der Waals surface area (Å²) >= 11 is 3.22. The molecule has 2 aromatic carbocycles. The molecule has 11 heteroatoms. The highest BCUT2D eigenvalue weighted by molar-refractivity contribution is 9.10. The van der Waals surface area contributed by atoms with Crippen molar-refractivity contribution in [3.8, 4) is 0 Å². The molecular formula is C15H16BrN3O5S2. The lowest BCUT2D eigenvalue weighted by Gasteiger charge is -2.08. The van der Waals surface area contributed by atoms with Crippen LogP contribution in [0, 0.1) is 0 Å². The SMILES string of the molecule is NS(=O)(=O)c1ccc(NC(=O)CCNS(=O)(=O)c2ccc(Br)cc2)cc1. The molecule has 0 spiro atoms. The molecule has 2 aromatic rings. The van der Waals surface area contributed by atoms with Crippen molar-refractivity contribution in [3.05, 3.63) is 53.0 Å². The molecule has 8 nitrogen and oxygen atoms in total. The van der Waals surface area contributed by atoms with Gasteiger partial charge in [-0.2, -0.15) is 0 Å². The third-order valence-electron chi connectivity index (χ3n) is 3.23. The van der Waals surface area contributed by atoms with E-state index in [1.54, 1.807) is 12.1 Å². The zero-order valence-electron chi connectivity index (χ0n) is 13.3. The first-order chi connectivity index (χ1) is 12.1. The van der Waals surface area contributed by atoms with Crippen molar-refractivity contribution in [2.24, 2.45) is 5.14 Å². The summed E-state index contributed by atoms with van der Waals surface area (Å²) < 4.78 is 49.6. The fourth-order valence-corrected chi connectivity index (χ4v) is 3.76. The van der Waals surface area contributed by atoms with Gasteiger partial charge in [0.25, 0.3) is 0 Å². The molecule has 0 saturated carbocycles. The van der Waals surface area contributed by atoms with Gasteiger partial charge < -0.3 is 5.32 Å². The first-order valence-corrected chi connectivity index (χ1v) is 11.1. The quantitative estimate of drug-likeness (QED) is 0.572. The molecule has 26 heavy (non-hydrogen) atoms. The molecule has 0 aliphatic heterocycles. The topological polar surface area (TPSA) is 135 Å². The van der Waals surface area contributed by atoms with Crippen LogP contribution in [0.15, 0.2) is 62.8 Å². The number of rotatable bonds is 7. The summed E-state index contributed by atoms with van der Waals surface area (Å²) in [6.45, 7) is -0.0838. The Balaban J connectivity index is 1.88. The van der Waals surface area contributed by atoms with E-state index in [-0.39, 0.29) is 22.8 Å². The van der Waals surface area contributed by atoms with Crippen molar-refractivity contribution in [2.75, 3.05) is 11.9 Å². The predicted molar refractivity (Wildman–Crippen MR) is 100 cm³/mol. The predicted octanol–water partition coefficient (Wildman–Crippen LogP) is 1.40. The number of anilines is 1. The summed E-state index contributed by atoms with van der Waals surface area (Å²) in [7, 11) is -7.50. The van der Waals surface area contributed by atoms with Gasteiger partial charge in [-0.25, -0.2) is 26.7 Å². The standard InChI is InChI=1S/C15H16BrN3O5S2/c16-11-1-5-14(6-2-11)26(23,24)18-10-9-15(20)19-12-3-7-13(8-4-12)25(17,21)22/h1-8,18H,9-10H2,(H,19,20)(H2,17,21,22). The molecule has 140 valence electrons. The van der Waals surface area contributed by atoms with E-state index in [0.717, 1.165) is 4.47 Å². The van der Waals surface area contributed by atoms with E-state index >= 15 is 0 Å². The van der Waals surface area contributed by atoms with Gasteiger partial charge in [-0.1, -0.05) is 15.9 Å². The van der Waals surface area contributed by atoms with Gasteiger partial charge in [-0.15, -0.1) is 0 Å². The van der Waals surface area contributed by atoms with Crippen LogP contribution in [-0.2, 0) is 24.8 Å². The number of amides is 1. The molecule has 0 fully saturated rings. The molecule has 0 heterocycles. The highest BCUT2D eigenvalue weighted by atomic mass is 79.9. The monoisotopic (exact) mass is 461 g/mol. The highest BCUT2D eigenvalue weighted by Gasteiger charge is 2.14. The molecule has 0 radical (unpaired) electrons. The number of primary sulfonamides is 1. The Labute approximate surface area is 160 Å². The minimum atomic E-state index is -3.80. The Bertz CT molecular complexity index is 989. The molecule has 0 saturated heterocycles. The van der Waals surface area contributed by atoms with E-state index in [9.17, 15) is 21.6 Å². The number of hydrogen-bond donors (Lipinski definition) is 3. The van der Waals surface area contributed by atoms with Crippen molar-refractivity contribution in [1.82, 2.24) is 4.72 Å². The summed E-state index contributed by atoms with van der Waals surface area (Å²) in [6, 6.07) is 11.4. The first-order valence-electron chi connectivity index (χ1n) is 7.26. The van der Waals surface area contributed by atoms with Gasteiger partial charge in [0.05, 0.1) is 9.79 Å². The zero-order valence-corrected chi connectivity index (χ0v) is 16.6. The molecule has 4 N–H and O–H groups in total. The van der Waals surface area contributed by atoms with Crippen molar-refractivity contribution >= 4 is 47.6 Å². The van der Waals surface area contributed by atoms with Crippen LogP contribution in [-0.4, -0.2) is 29.3 Å². The van der Waals surface area contributed by atoms with E-state index in [1.807, 2.05) is 0 Å². The van der Waals surface area contributed by atoms with Crippen LogP contribution in [0.4, 0.5) is 5.69 Å². The van der Waals surface area contributed by atoms with Gasteiger partial charge in [0.2, 0.25) is 26.0 Å². The molecule has 0 aromatic heterocycles. The molecule has 0 atom stereocenters. The number of nitrogens with one attached hydrogen (secondary N) is 2. The van der Waals surface area contributed by atoms with Crippen molar-refractivity contribution in [1.29, 1.82) is 0 Å². The molecule has 1 amide bonds. The Morgan fingerprint density at radius 3 is 2.00 bits per heavy atom. The molecule has 2 rings (SSSR count). The maximum absolute atomic E-state index is 12.1. The molecule has 0 unspecified atom stereocenters. The Hall–Kier alpha value is -1.79. The van der Waals surface area contributed by atoms with Crippen molar-refractivity contribution in [3.63, 3.8) is 0 Å². The number of sulfonamides is 2. The second-order valence-corrected chi connectivity index (χ2v) is 9.46. The summed E-state index contributed by atoms with van der Waals surface area (Å²) in [6.07, 6.45) is -0.0906. The highest BCUT2D eigenvalue weighted by Crippen LogP contribution is 2.15. The Morgan fingerprint density at radius 1 is 0.923 bits per heavy atom. The first kappa shape index (κ1) is 20.5. The molecule has 0 aliphatic rings. The van der Waals surface area contributed by atoms with Crippen molar-refractivity contribution < 1.29 is 21.6 Å². The average molecular weight is 462 g/mol. The minimum Gasteiger partial charge on any atom is -0.326 e. The maximum atomic E-state index is 12.1. The lowest BCUT2D eigenvalue weighted by Crippen LogP contribution is -2.27. The van der Waals surface area contributed by atoms with Gasteiger partial charge >= 0.3 is 0 Å².